The molecule has 2 nitrogen and oxygen atoms in total. The van der Waals surface area contributed by atoms with E-state index in [1.54, 1.807) is 0 Å². The lowest BCUT2D eigenvalue weighted by Crippen LogP contribution is -2.17. The first-order chi connectivity index (χ1) is 7.64. The van der Waals surface area contributed by atoms with Gasteiger partial charge in [0.1, 0.15) is 0 Å². The molecule has 2 aliphatic rings. The van der Waals surface area contributed by atoms with Crippen LogP contribution in [0.1, 0.15) is 24.8 Å². The van der Waals surface area contributed by atoms with Gasteiger partial charge >= 0.3 is 5.97 Å². The first-order valence-electron chi connectivity index (χ1n) is 5.63. The van der Waals surface area contributed by atoms with Crippen molar-refractivity contribution >= 4 is 17.6 Å². The molecule has 0 saturated heterocycles. The van der Waals surface area contributed by atoms with Crippen LogP contribution in [0.15, 0.2) is 24.3 Å². The Morgan fingerprint density at radius 3 is 2.38 bits per heavy atom. The lowest BCUT2D eigenvalue weighted by Gasteiger charge is -2.16. The van der Waals surface area contributed by atoms with Gasteiger partial charge in [-0.15, -0.1) is 0 Å². The fourth-order valence-electron chi connectivity index (χ4n) is 2.95. The van der Waals surface area contributed by atoms with Crippen LogP contribution in [-0.4, -0.2) is 11.1 Å². The first kappa shape index (κ1) is 10.2. The van der Waals surface area contributed by atoms with Crippen molar-refractivity contribution in [1.82, 2.24) is 0 Å². The van der Waals surface area contributed by atoms with Gasteiger partial charge in [-0.3, -0.25) is 4.79 Å². The maximum Gasteiger partial charge on any atom is 0.307 e. The highest BCUT2D eigenvalue weighted by molar-refractivity contribution is 6.30. The SMILES string of the molecule is O=C(O)[C@@H]1CC1(c1ccc(Cl)cc1)C1CC1. The predicted molar refractivity (Wildman–Crippen MR) is 61.6 cm³/mol. The molecule has 0 aliphatic heterocycles. The van der Waals surface area contributed by atoms with E-state index in [0.717, 1.165) is 12.0 Å². The number of carboxylic acids is 1. The maximum absolute atomic E-state index is 11.1. The standard InChI is InChI=1S/C13H13ClO2/c14-10-5-3-9(4-6-10)13(8-1-2-8)7-11(13)12(15)16/h3-6,8,11H,1-2,7H2,(H,15,16)/t11-,13?/m0/s1. The van der Waals surface area contributed by atoms with E-state index in [-0.39, 0.29) is 11.3 Å². The topological polar surface area (TPSA) is 37.3 Å². The van der Waals surface area contributed by atoms with Crippen molar-refractivity contribution < 1.29 is 9.90 Å². The van der Waals surface area contributed by atoms with Crippen molar-refractivity contribution in [1.29, 1.82) is 0 Å². The van der Waals surface area contributed by atoms with Gasteiger partial charge < -0.3 is 5.11 Å². The summed E-state index contributed by atoms with van der Waals surface area (Å²) in [5.41, 5.74) is 1.09. The summed E-state index contributed by atoms with van der Waals surface area (Å²) < 4.78 is 0. The summed E-state index contributed by atoms with van der Waals surface area (Å²) in [6.07, 6.45) is 3.15. The van der Waals surface area contributed by atoms with Crippen LogP contribution in [-0.2, 0) is 10.2 Å². The zero-order valence-corrected chi connectivity index (χ0v) is 9.57. The minimum absolute atomic E-state index is 0.0730. The largest absolute Gasteiger partial charge is 0.481 e. The molecule has 1 aromatic rings. The third-order valence-electron chi connectivity index (χ3n) is 3.99. The molecule has 0 heterocycles. The Kier molecular flexibility index (Phi) is 2.05. The molecule has 1 N–H and O–H groups in total. The van der Waals surface area contributed by atoms with E-state index in [2.05, 4.69) is 0 Å². The summed E-state index contributed by atoms with van der Waals surface area (Å²) in [5.74, 6) is -0.252. The second-order valence-electron chi connectivity index (χ2n) is 4.92. The minimum Gasteiger partial charge on any atom is -0.481 e. The molecule has 3 heteroatoms. The lowest BCUT2D eigenvalue weighted by molar-refractivity contribution is -0.139. The quantitative estimate of drug-likeness (QED) is 0.876. The number of hydrogen-bond acceptors (Lipinski definition) is 1. The summed E-state index contributed by atoms with van der Waals surface area (Å²) in [4.78, 5) is 11.1. The molecule has 1 aromatic carbocycles. The van der Waals surface area contributed by atoms with Gasteiger partial charge in [0.15, 0.2) is 0 Å². The minimum atomic E-state index is -0.651. The van der Waals surface area contributed by atoms with Gasteiger partial charge in [-0.05, 0) is 42.9 Å². The third kappa shape index (κ3) is 1.36. The molecular weight excluding hydrogens is 224 g/mol. The van der Waals surface area contributed by atoms with Crippen LogP contribution in [0.5, 0.6) is 0 Å². The van der Waals surface area contributed by atoms with Crippen LogP contribution < -0.4 is 0 Å². The Labute approximate surface area is 99.2 Å². The molecule has 0 bridgehead atoms. The van der Waals surface area contributed by atoms with Crippen molar-refractivity contribution in [3.05, 3.63) is 34.9 Å². The van der Waals surface area contributed by atoms with E-state index < -0.39 is 5.97 Å². The highest BCUT2D eigenvalue weighted by atomic mass is 35.5. The molecule has 2 atom stereocenters. The van der Waals surface area contributed by atoms with Gasteiger partial charge in [0, 0.05) is 10.4 Å². The van der Waals surface area contributed by atoms with Gasteiger partial charge in [-0.25, -0.2) is 0 Å². The summed E-state index contributed by atoms with van der Waals surface area (Å²) in [6.45, 7) is 0. The van der Waals surface area contributed by atoms with Crippen molar-refractivity contribution in [2.24, 2.45) is 11.8 Å². The molecule has 2 aliphatic carbocycles. The third-order valence-corrected chi connectivity index (χ3v) is 4.24. The predicted octanol–water partition coefficient (Wildman–Crippen LogP) is 3.09. The fourth-order valence-corrected chi connectivity index (χ4v) is 3.08. The molecule has 0 aromatic heterocycles. The Morgan fingerprint density at radius 2 is 1.94 bits per heavy atom. The monoisotopic (exact) mass is 236 g/mol. The second kappa shape index (κ2) is 3.24. The summed E-state index contributed by atoms with van der Waals surface area (Å²) in [7, 11) is 0. The number of halogens is 1. The first-order valence-corrected chi connectivity index (χ1v) is 6.01. The maximum atomic E-state index is 11.1. The van der Waals surface area contributed by atoms with Crippen LogP contribution in [0, 0.1) is 11.8 Å². The van der Waals surface area contributed by atoms with Crippen molar-refractivity contribution in [2.45, 2.75) is 24.7 Å². The van der Waals surface area contributed by atoms with Crippen LogP contribution in [0.2, 0.25) is 5.02 Å². The summed E-state index contributed by atoms with van der Waals surface area (Å²) in [6, 6.07) is 7.70. The number of benzene rings is 1. The van der Waals surface area contributed by atoms with Crippen molar-refractivity contribution in [2.75, 3.05) is 0 Å². The van der Waals surface area contributed by atoms with Gasteiger partial charge in [-0.2, -0.15) is 0 Å². The van der Waals surface area contributed by atoms with E-state index in [1.165, 1.54) is 12.8 Å². The average Bonchev–Trinajstić information content (AvgIpc) is 3.12. The van der Waals surface area contributed by atoms with Gasteiger partial charge in [0.25, 0.3) is 0 Å². The van der Waals surface area contributed by atoms with E-state index in [1.807, 2.05) is 24.3 Å². The van der Waals surface area contributed by atoms with Crippen molar-refractivity contribution in [3.8, 4) is 0 Å². The molecule has 1 unspecified atom stereocenters. The molecule has 2 fully saturated rings. The number of carboxylic acid groups (broad SMARTS) is 1. The van der Waals surface area contributed by atoms with Crippen LogP contribution in [0.25, 0.3) is 0 Å². The highest BCUT2D eigenvalue weighted by Gasteiger charge is 2.66. The normalized spacial score (nSPS) is 32.4. The van der Waals surface area contributed by atoms with Crippen LogP contribution in [0.3, 0.4) is 0 Å². The second-order valence-corrected chi connectivity index (χ2v) is 5.35. The highest BCUT2D eigenvalue weighted by Crippen LogP contribution is 2.66. The fraction of sp³-hybridized carbons (Fsp3) is 0.462. The van der Waals surface area contributed by atoms with E-state index in [0.29, 0.717) is 10.9 Å². The van der Waals surface area contributed by atoms with Crippen LogP contribution in [0.4, 0.5) is 0 Å². The van der Waals surface area contributed by atoms with Crippen molar-refractivity contribution in [3.63, 3.8) is 0 Å². The van der Waals surface area contributed by atoms with E-state index in [4.69, 9.17) is 16.7 Å². The van der Waals surface area contributed by atoms with Gasteiger partial charge in [0.2, 0.25) is 0 Å². The van der Waals surface area contributed by atoms with E-state index >= 15 is 0 Å². The number of rotatable bonds is 3. The number of hydrogen-bond donors (Lipinski definition) is 1. The number of aliphatic carboxylic acids is 1. The van der Waals surface area contributed by atoms with Crippen LogP contribution >= 0.6 is 11.6 Å². The molecule has 84 valence electrons. The van der Waals surface area contributed by atoms with Gasteiger partial charge in [0.05, 0.1) is 5.92 Å². The molecule has 0 radical (unpaired) electrons. The Morgan fingerprint density at radius 1 is 1.31 bits per heavy atom. The average molecular weight is 237 g/mol. The lowest BCUT2D eigenvalue weighted by atomic mass is 9.88. The zero-order chi connectivity index (χ0) is 11.3. The van der Waals surface area contributed by atoms with Gasteiger partial charge in [-0.1, -0.05) is 23.7 Å². The molecule has 2 saturated carbocycles. The molecular formula is C13H13ClO2. The molecule has 0 amide bonds. The number of carbonyl (C=O) groups is 1. The Hall–Kier alpha value is -1.02. The Balaban J connectivity index is 1.96. The molecule has 16 heavy (non-hydrogen) atoms. The smallest absolute Gasteiger partial charge is 0.307 e. The summed E-state index contributed by atoms with van der Waals surface area (Å²) in [5, 5.41) is 9.87. The Bertz CT molecular complexity index is 436. The summed E-state index contributed by atoms with van der Waals surface area (Å²) >= 11 is 5.86. The zero-order valence-electron chi connectivity index (χ0n) is 8.82. The molecule has 0 spiro atoms. The van der Waals surface area contributed by atoms with E-state index in [9.17, 15) is 4.79 Å². The molecule has 3 rings (SSSR count).